The summed E-state index contributed by atoms with van der Waals surface area (Å²) in [6.45, 7) is 16.2. The quantitative estimate of drug-likeness (QED) is 0.605. The largest absolute Gasteiger partial charge is 0.294 e. The molecule has 5 heteroatoms. The van der Waals surface area contributed by atoms with Crippen LogP contribution in [0.3, 0.4) is 0 Å². The number of hydrogen-bond acceptors (Lipinski definition) is 2. The molecule has 0 bridgehead atoms. The lowest BCUT2D eigenvalue weighted by Crippen LogP contribution is -2.39. The minimum atomic E-state index is -4.22. The third-order valence-electron chi connectivity index (χ3n) is 5.37. The molecule has 0 aliphatic carbocycles. The maximum absolute atomic E-state index is 11.6. The van der Waals surface area contributed by atoms with Crippen LogP contribution in [0, 0.1) is 12.3 Å². The summed E-state index contributed by atoms with van der Waals surface area (Å²) in [5.74, 6) is 0. The number of rotatable bonds is 2. The van der Waals surface area contributed by atoms with Crippen molar-refractivity contribution >= 4 is 32.3 Å². The zero-order valence-electron chi connectivity index (χ0n) is 16.6. The Hall–Kier alpha value is -1.72. The summed E-state index contributed by atoms with van der Waals surface area (Å²) >= 11 is 0. The molecule has 2 aromatic carbocycles. The Labute approximate surface area is 156 Å². The van der Waals surface area contributed by atoms with Crippen LogP contribution >= 0.6 is 0 Å². The average molecular weight is 375 g/mol. The van der Waals surface area contributed by atoms with Gasteiger partial charge in [-0.2, -0.15) is 13.0 Å². The van der Waals surface area contributed by atoms with Crippen LogP contribution in [0.25, 0.3) is 10.8 Å². The SMILES string of the molecule is CC[N+]1=C(C(C)(C)C)C(C)(C)c2c1ccc1cc(S(=O)(=O)O)cc(C)c21. The van der Waals surface area contributed by atoms with E-state index in [4.69, 9.17) is 0 Å². The molecule has 0 unspecified atom stereocenters. The first kappa shape index (κ1) is 19.1. The molecule has 0 radical (unpaired) electrons. The van der Waals surface area contributed by atoms with Crippen LogP contribution in [-0.4, -0.2) is 29.8 Å². The van der Waals surface area contributed by atoms with E-state index < -0.39 is 10.1 Å². The van der Waals surface area contributed by atoms with Gasteiger partial charge in [-0.25, -0.2) is 0 Å². The van der Waals surface area contributed by atoms with E-state index in [1.54, 1.807) is 12.1 Å². The maximum atomic E-state index is 11.6. The van der Waals surface area contributed by atoms with Crippen molar-refractivity contribution in [2.75, 3.05) is 6.54 Å². The summed E-state index contributed by atoms with van der Waals surface area (Å²) < 4.78 is 35.1. The predicted octanol–water partition coefficient (Wildman–Crippen LogP) is 4.84. The molecule has 0 saturated heterocycles. The molecule has 1 aliphatic rings. The number of fused-ring (bicyclic) bond motifs is 3. The summed E-state index contributed by atoms with van der Waals surface area (Å²) in [7, 11) is -4.22. The highest BCUT2D eigenvalue weighted by Gasteiger charge is 2.51. The molecule has 2 aromatic rings. The maximum Gasteiger partial charge on any atom is 0.294 e. The second-order valence-electron chi connectivity index (χ2n) is 8.74. The van der Waals surface area contributed by atoms with Crippen molar-refractivity contribution in [3.05, 3.63) is 35.4 Å². The van der Waals surface area contributed by atoms with Gasteiger partial charge in [-0.3, -0.25) is 4.55 Å². The third kappa shape index (κ3) is 2.69. The van der Waals surface area contributed by atoms with E-state index in [2.05, 4.69) is 52.2 Å². The van der Waals surface area contributed by atoms with Crippen LogP contribution in [-0.2, 0) is 15.5 Å². The van der Waals surface area contributed by atoms with Gasteiger partial charge in [-0.15, -0.1) is 0 Å². The topological polar surface area (TPSA) is 57.4 Å². The Balaban J connectivity index is 2.44. The van der Waals surface area contributed by atoms with Gasteiger partial charge in [0.25, 0.3) is 10.1 Å². The van der Waals surface area contributed by atoms with Gasteiger partial charge >= 0.3 is 0 Å². The van der Waals surface area contributed by atoms with Crippen molar-refractivity contribution < 1.29 is 17.5 Å². The van der Waals surface area contributed by atoms with Crippen LogP contribution in [0.15, 0.2) is 29.2 Å². The van der Waals surface area contributed by atoms with Crippen LogP contribution in [0.4, 0.5) is 5.69 Å². The second-order valence-corrected chi connectivity index (χ2v) is 10.2. The highest BCUT2D eigenvalue weighted by Crippen LogP contribution is 2.48. The molecule has 0 spiro atoms. The van der Waals surface area contributed by atoms with Crippen molar-refractivity contribution in [2.24, 2.45) is 5.41 Å². The highest BCUT2D eigenvalue weighted by atomic mass is 32.2. The molecule has 26 heavy (non-hydrogen) atoms. The fourth-order valence-electron chi connectivity index (χ4n) is 4.89. The lowest BCUT2D eigenvalue weighted by molar-refractivity contribution is -0.438. The molecule has 3 rings (SSSR count). The lowest BCUT2D eigenvalue weighted by atomic mass is 9.70. The Morgan fingerprint density at radius 1 is 1.15 bits per heavy atom. The fraction of sp³-hybridized carbons (Fsp3) is 0.476. The molecule has 4 nitrogen and oxygen atoms in total. The van der Waals surface area contributed by atoms with Gasteiger partial charge in [-0.05, 0) is 62.2 Å². The summed E-state index contributed by atoms with van der Waals surface area (Å²) in [4.78, 5) is -0.0503. The first-order valence-corrected chi connectivity index (χ1v) is 10.4. The molecule has 1 aliphatic heterocycles. The van der Waals surface area contributed by atoms with Gasteiger partial charge in [0.15, 0.2) is 5.71 Å². The van der Waals surface area contributed by atoms with Gasteiger partial charge in [0.1, 0.15) is 6.54 Å². The van der Waals surface area contributed by atoms with E-state index in [0.29, 0.717) is 0 Å². The first-order chi connectivity index (χ1) is 11.8. The minimum absolute atomic E-state index is 0.00708. The number of hydrogen-bond donors (Lipinski definition) is 1. The average Bonchev–Trinajstić information content (AvgIpc) is 2.73. The van der Waals surface area contributed by atoms with Crippen molar-refractivity contribution in [1.29, 1.82) is 0 Å². The summed E-state index contributed by atoms with van der Waals surface area (Å²) in [5, 5.41) is 1.92. The van der Waals surface area contributed by atoms with E-state index in [0.717, 1.165) is 22.9 Å². The van der Waals surface area contributed by atoms with Crippen molar-refractivity contribution in [1.82, 2.24) is 0 Å². The van der Waals surface area contributed by atoms with Crippen molar-refractivity contribution in [3.63, 3.8) is 0 Å². The molecule has 1 heterocycles. The van der Waals surface area contributed by atoms with Crippen LogP contribution < -0.4 is 0 Å². The van der Waals surface area contributed by atoms with Gasteiger partial charge in [-0.1, -0.05) is 20.8 Å². The predicted molar refractivity (Wildman–Crippen MR) is 106 cm³/mol. The zero-order chi connectivity index (χ0) is 19.7. The van der Waals surface area contributed by atoms with E-state index >= 15 is 0 Å². The Bertz CT molecular complexity index is 1050. The van der Waals surface area contributed by atoms with E-state index in [-0.39, 0.29) is 15.7 Å². The molecular formula is C21H28NO3S+. The summed E-state index contributed by atoms with van der Waals surface area (Å²) in [6, 6.07) is 7.17. The molecule has 0 atom stereocenters. The summed E-state index contributed by atoms with van der Waals surface area (Å²) in [6.07, 6.45) is 0. The van der Waals surface area contributed by atoms with Gasteiger partial charge in [0.05, 0.1) is 10.3 Å². The minimum Gasteiger partial charge on any atom is -0.282 e. The van der Waals surface area contributed by atoms with Crippen LogP contribution in [0.5, 0.6) is 0 Å². The Morgan fingerprint density at radius 3 is 2.27 bits per heavy atom. The number of benzene rings is 2. The normalized spacial score (nSPS) is 17.1. The molecule has 140 valence electrons. The number of nitrogens with zero attached hydrogens (tertiary/aromatic N) is 1. The van der Waals surface area contributed by atoms with Crippen LogP contribution in [0.2, 0.25) is 0 Å². The fourth-order valence-corrected chi connectivity index (χ4v) is 5.49. The third-order valence-corrected chi connectivity index (χ3v) is 6.20. The van der Waals surface area contributed by atoms with Crippen molar-refractivity contribution in [3.8, 4) is 0 Å². The molecule has 0 saturated carbocycles. The molecular weight excluding hydrogens is 346 g/mol. The number of aryl methyl sites for hydroxylation is 1. The van der Waals surface area contributed by atoms with Gasteiger partial charge < -0.3 is 0 Å². The van der Waals surface area contributed by atoms with Gasteiger partial charge in [0, 0.05) is 17.0 Å². The Morgan fingerprint density at radius 2 is 1.77 bits per heavy atom. The second kappa shape index (κ2) is 5.64. The van der Waals surface area contributed by atoms with E-state index in [1.165, 1.54) is 17.0 Å². The van der Waals surface area contributed by atoms with Crippen LogP contribution in [0.1, 0.15) is 52.7 Å². The molecule has 0 amide bonds. The van der Waals surface area contributed by atoms with E-state index in [1.807, 2.05) is 13.0 Å². The highest BCUT2D eigenvalue weighted by molar-refractivity contribution is 7.85. The molecule has 0 aromatic heterocycles. The Kier molecular flexibility index (Phi) is 4.13. The summed E-state index contributed by atoms with van der Waals surface area (Å²) in [5.41, 5.74) is 4.50. The lowest BCUT2D eigenvalue weighted by Gasteiger charge is -2.28. The van der Waals surface area contributed by atoms with Gasteiger partial charge in [0.2, 0.25) is 5.69 Å². The molecule has 1 N–H and O–H groups in total. The smallest absolute Gasteiger partial charge is 0.282 e. The van der Waals surface area contributed by atoms with Crippen molar-refractivity contribution in [2.45, 2.75) is 58.8 Å². The monoisotopic (exact) mass is 374 g/mol. The molecule has 0 fully saturated rings. The first-order valence-electron chi connectivity index (χ1n) is 9.01. The standard InChI is InChI=1S/C21H27NO3S/c1-8-22-16-10-9-14-12-15(26(23,24)25)11-13(2)17(14)18(16)21(6,7)19(22)20(3,4)5/h9-12H,8H2,1-7H3/p+1. The van der Waals surface area contributed by atoms with E-state index in [9.17, 15) is 13.0 Å². The zero-order valence-corrected chi connectivity index (χ0v) is 17.5.